The number of rotatable bonds is 6. The van der Waals surface area contributed by atoms with E-state index in [1.165, 1.54) is 30.6 Å². The van der Waals surface area contributed by atoms with Crippen LogP contribution in [0.5, 0.6) is 5.75 Å². The predicted octanol–water partition coefficient (Wildman–Crippen LogP) is 3.31. The minimum Gasteiger partial charge on any atom is -0.495 e. The molecule has 2 aromatic rings. The van der Waals surface area contributed by atoms with Crippen LogP contribution in [0.3, 0.4) is 0 Å². The Kier molecular flexibility index (Phi) is 6.34. The number of carbonyl (C=O) groups excluding carboxylic acids is 2. The minimum absolute atomic E-state index is 0.402. The van der Waals surface area contributed by atoms with Crippen molar-refractivity contribution in [3.8, 4) is 5.75 Å². The number of thiazole rings is 1. The molecule has 0 bridgehead atoms. The van der Waals surface area contributed by atoms with Crippen LogP contribution in [-0.4, -0.2) is 30.6 Å². The highest BCUT2D eigenvalue weighted by Crippen LogP contribution is 2.27. The first kappa shape index (κ1) is 18.0. The maximum atomic E-state index is 11.9. The van der Waals surface area contributed by atoms with Crippen molar-refractivity contribution in [2.24, 2.45) is 0 Å². The Labute approximate surface area is 148 Å². The van der Waals surface area contributed by atoms with E-state index in [1.54, 1.807) is 18.2 Å². The van der Waals surface area contributed by atoms with Crippen molar-refractivity contribution in [3.05, 3.63) is 45.4 Å². The molecule has 24 heavy (non-hydrogen) atoms. The SMILES string of the molecule is COc1ccc(Cl)cc1NC(=O)COC(=O)/C=C/c1csc(C)n1. The summed E-state index contributed by atoms with van der Waals surface area (Å²) in [5.41, 5.74) is 1.07. The van der Waals surface area contributed by atoms with Gasteiger partial charge in [0.1, 0.15) is 5.75 Å². The number of benzene rings is 1. The summed E-state index contributed by atoms with van der Waals surface area (Å²) in [4.78, 5) is 27.6. The second-order valence-electron chi connectivity index (χ2n) is 4.63. The molecule has 0 aliphatic rings. The number of ether oxygens (including phenoxy) is 2. The van der Waals surface area contributed by atoms with Gasteiger partial charge in [-0.1, -0.05) is 11.6 Å². The predicted molar refractivity (Wildman–Crippen MR) is 93.5 cm³/mol. The molecule has 0 unspecified atom stereocenters. The fraction of sp³-hybridized carbons (Fsp3) is 0.188. The van der Waals surface area contributed by atoms with Gasteiger partial charge in [-0.3, -0.25) is 4.79 Å². The van der Waals surface area contributed by atoms with Crippen molar-refractivity contribution < 1.29 is 19.1 Å². The summed E-state index contributed by atoms with van der Waals surface area (Å²) in [6.45, 7) is 1.45. The third-order valence-electron chi connectivity index (χ3n) is 2.81. The maximum absolute atomic E-state index is 11.9. The Hall–Kier alpha value is -2.38. The van der Waals surface area contributed by atoms with E-state index in [-0.39, 0.29) is 0 Å². The van der Waals surface area contributed by atoms with Gasteiger partial charge in [0.15, 0.2) is 6.61 Å². The van der Waals surface area contributed by atoms with Crippen molar-refractivity contribution in [3.63, 3.8) is 0 Å². The quantitative estimate of drug-likeness (QED) is 0.627. The third-order valence-corrected chi connectivity index (χ3v) is 3.83. The third kappa shape index (κ3) is 5.36. The molecule has 1 amide bonds. The lowest BCUT2D eigenvalue weighted by atomic mass is 10.3. The van der Waals surface area contributed by atoms with Gasteiger partial charge in [0.05, 0.1) is 23.5 Å². The molecular formula is C16H15ClN2O4S. The van der Waals surface area contributed by atoms with Gasteiger partial charge in [-0.2, -0.15) is 0 Å². The highest BCUT2D eigenvalue weighted by molar-refractivity contribution is 7.09. The second-order valence-corrected chi connectivity index (χ2v) is 6.12. The number of carbonyl (C=O) groups is 2. The first-order valence-corrected chi connectivity index (χ1v) is 8.14. The van der Waals surface area contributed by atoms with Gasteiger partial charge < -0.3 is 14.8 Å². The highest BCUT2D eigenvalue weighted by Gasteiger charge is 2.10. The molecule has 1 aromatic carbocycles. The first-order valence-electron chi connectivity index (χ1n) is 6.88. The molecule has 0 aliphatic carbocycles. The first-order chi connectivity index (χ1) is 11.5. The van der Waals surface area contributed by atoms with Gasteiger partial charge in [-0.15, -0.1) is 11.3 Å². The molecule has 1 N–H and O–H groups in total. The summed E-state index contributed by atoms with van der Waals surface area (Å²) < 4.78 is 9.99. The van der Waals surface area contributed by atoms with Crippen LogP contribution in [0.1, 0.15) is 10.7 Å². The molecule has 0 aliphatic heterocycles. The van der Waals surface area contributed by atoms with Crippen LogP contribution in [0.4, 0.5) is 5.69 Å². The molecule has 0 fully saturated rings. The number of nitrogens with zero attached hydrogens (tertiary/aromatic N) is 1. The summed E-state index contributed by atoms with van der Waals surface area (Å²) >= 11 is 7.36. The van der Waals surface area contributed by atoms with Crippen LogP contribution in [0, 0.1) is 6.92 Å². The molecule has 126 valence electrons. The van der Waals surface area contributed by atoms with Gasteiger partial charge in [0, 0.05) is 16.5 Å². The van der Waals surface area contributed by atoms with Gasteiger partial charge >= 0.3 is 5.97 Å². The molecule has 0 spiro atoms. The topological polar surface area (TPSA) is 77.5 Å². The Bertz CT molecular complexity index is 773. The van der Waals surface area contributed by atoms with Crippen LogP contribution in [0.15, 0.2) is 29.7 Å². The number of esters is 1. The average molecular weight is 367 g/mol. The Morgan fingerprint density at radius 3 is 2.88 bits per heavy atom. The summed E-state index contributed by atoms with van der Waals surface area (Å²) in [7, 11) is 1.48. The van der Waals surface area contributed by atoms with Gasteiger partial charge in [0.25, 0.3) is 5.91 Å². The van der Waals surface area contributed by atoms with Crippen LogP contribution in [-0.2, 0) is 14.3 Å². The zero-order valence-corrected chi connectivity index (χ0v) is 14.6. The molecule has 1 heterocycles. The van der Waals surface area contributed by atoms with Crippen molar-refractivity contribution in [2.45, 2.75) is 6.92 Å². The number of halogens is 1. The molecule has 0 radical (unpaired) electrons. The zero-order valence-electron chi connectivity index (χ0n) is 13.0. The average Bonchev–Trinajstić information content (AvgIpc) is 2.97. The van der Waals surface area contributed by atoms with Gasteiger partial charge in [0.2, 0.25) is 0 Å². The molecule has 0 saturated carbocycles. The van der Waals surface area contributed by atoms with Crippen molar-refractivity contribution in [1.29, 1.82) is 0 Å². The van der Waals surface area contributed by atoms with Crippen molar-refractivity contribution >= 4 is 46.6 Å². The van der Waals surface area contributed by atoms with Crippen LogP contribution < -0.4 is 10.1 Å². The molecular weight excluding hydrogens is 352 g/mol. The smallest absolute Gasteiger partial charge is 0.331 e. The normalized spacial score (nSPS) is 10.6. The summed E-state index contributed by atoms with van der Waals surface area (Å²) in [6, 6.07) is 4.81. The van der Waals surface area contributed by atoms with E-state index in [4.69, 9.17) is 21.1 Å². The molecule has 0 saturated heterocycles. The van der Waals surface area contributed by atoms with Crippen LogP contribution >= 0.6 is 22.9 Å². The fourth-order valence-electron chi connectivity index (χ4n) is 1.76. The molecule has 8 heteroatoms. The standard InChI is InChI=1S/C16H15ClN2O4S/c1-10-18-12(9-24-10)4-6-16(21)23-8-15(20)19-13-7-11(17)3-5-14(13)22-2/h3-7,9H,8H2,1-2H3,(H,19,20)/b6-4+. The summed E-state index contributed by atoms with van der Waals surface area (Å²) in [5, 5.41) is 5.74. The van der Waals surface area contributed by atoms with E-state index in [2.05, 4.69) is 10.3 Å². The van der Waals surface area contributed by atoms with Crippen LogP contribution in [0.2, 0.25) is 5.02 Å². The number of hydrogen-bond acceptors (Lipinski definition) is 6. The number of aromatic nitrogens is 1. The zero-order chi connectivity index (χ0) is 17.5. The van der Waals surface area contributed by atoms with Gasteiger partial charge in [-0.25, -0.2) is 9.78 Å². The van der Waals surface area contributed by atoms with E-state index in [1.807, 2.05) is 12.3 Å². The summed E-state index contributed by atoms with van der Waals surface area (Å²) in [5.74, 6) is -0.673. The number of amides is 1. The Morgan fingerprint density at radius 2 is 2.21 bits per heavy atom. The second kappa shape index (κ2) is 8.47. The van der Waals surface area contributed by atoms with Crippen molar-refractivity contribution in [2.75, 3.05) is 19.0 Å². The van der Waals surface area contributed by atoms with Crippen molar-refractivity contribution in [1.82, 2.24) is 4.98 Å². The van der Waals surface area contributed by atoms with E-state index >= 15 is 0 Å². The van der Waals surface area contributed by atoms with Crippen LogP contribution in [0.25, 0.3) is 6.08 Å². The molecule has 1 aromatic heterocycles. The van der Waals surface area contributed by atoms with E-state index in [9.17, 15) is 9.59 Å². The van der Waals surface area contributed by atoms with E-state index < -0.39 is 18.5 Å². The number of nitrogens with one attached hydrogen (secondary N) is 1. The lowest BCUT2D eigenvalue weighted by Gasteiger charge is -2.10. The summed E-state index contributed by atoms with van der Waals surface area (Å²) in [6.07, 6.45) is 2.76. The Morgan fingerprint density at radius 1 is 1.42 bits per heavy atom. The molecule has 6 nitrogen and oxygen atoms in total. The van der Waals surface area contributed by atoms with E-state index in [0.29, 0.717) is 22.2 Å². The minimum atomic E-state index is -0.631. The van der Waals surface area contributed by atoms with E-state index in [0.717, 1.165) is 5.01 Å². The lowest BCUT2D eigenvalue weighted by molar-refractivity contribution is -0.142. The fourth-order valence-corrected chi connectivity index (χ4v) is 2.51. The number of aryl methyl sites for hydroxylation is 1. The molecule has 2 rings (SSSR count). The number of hydrogen-bond donors (Lipinski definition) is 1. The number of anilines is 1. The Balaban J connectivity index is 1.85. The monoisotopic (exact) mass is 366 g/mol. The van der Waals surface area contributed by atoms with Gasteiger partial charge in [-0.05, 0) is 31.2 Å². The molecule has 0 atom stereocenters. The lowest BCUT2D eigenvalue weighted by Crippen LogP contribution is -2.20. The maximum Gasteiger partial charge on any atom is 0.331 e. The number of methoxy groups -OCH3 is 1. The largest absolute Gasteiger partial charge is 0.495 e. The highest BCUT2D eigenvalue weighted by atomic mass is 35.5.